The van der Waals surface area contributed by atoms with E-state index < -0.39 is 6.04 Å². The summed E-state index contributed by atoms with van der Waals surface area (Å²) in [4.78, 5) is 35.3. The summed E-state index contributed by atoms with van der Waals surface area (Å²) in [5.41, 5.74) is 5.36. The Hall–Kier alpha value is -4.08. The molecule has 2 aromatic heterocycles. The monoisotopic (exact) mass is 618 g/mol. The van der Waals surface area contributed by atoms with Gasteiger partial charge < -0.3 is 18.9 Å². The third-order valence-electron chi connectivity index (χ3n) is 7.88. The summed E-state index contributed by atoms with van der Waals surface area (Å²) in [5, 5.41) is 0.670. The van der Waals surface area contributed by atoms with Crippen LogP contribution in [0.15, 0.2) is 69.6 Å². The third-order valence-corrected chi connectivity index (χ3v) is 9.11. The molecule has 3 heterocycles. The van der Waals surface area contributed by atoms with Crippen LogP contribution < -0.4 is 24.4 Å². The number of allylic oxidation sites excluding steroid dienone is 1. The quantitative estimate of drug-likeness (QED) is 0.273. The minimum absolute atomic E-state index is 0.165. The van der Waals surface area contributed by atoms with Crippen LogP contribution in [0.3, 0.4) is 0 Å². The van der Waals surface area contributed by atoms with Crippen molar-refractivity contribution < 1.29 is 14.3 Å². The van der Waals surface area contributed by atoms with Crippen molar-refractivity contribution in [2.45, 2.75) is 40.7 Å². The standard InChI is InChI=1S/C33H35ClN4O4S/c1-8-36(9-2)32(40)29-20(4)35-33-38(30(29)26-18-25(41-6)14-15-27(26)42-7)31(39)28(43-33)17-22-16-19(3)37(21(22)5)24-12-10-23(34)11-13-24/h10-18,30H,8-9H2,1-7H3/b28-17+/t30-/m0/s1. The molecule has 5 rings (SSSR count). The van der Waals surface area contributed by atoms with Crippen molar-refractivity contribution in [2.24, 2.45) is 4.99 Å². The van der Waals surface area contributed by atoms with Crippen LogP contribution in [0.4, 0.5) is 0 Å². The van der Waals surface area contributed by atoms with Gasteiger partial charge in [0.05, 0.1) is 30.0 Å². The average Bonchev–Trinajstić information content (AvgIpc) is 3.46. The summed E-state index contributed by atoms with van der Waals surface area (Å²) in [5.74, 6) is 0.977. The number of fused-ring (bicyclic) bond motifs is 1. The summed E-state index contributed by atoms with van der Waals surface area (Å²) in [6.07, 6.45) is 1.91. The molecule has 0 unspecified atom stereocenters. The Labute approximate surface area is 259 Å². The largest absolute Gasteiger partial charge is 0.497 e. The van der Waals surface area contributed by atoms with Crippen molar-refractivity contribution in [1.29, 1.82) is 0 Å². The Bertz CT molecular complexity index is 1910. The van der Waals surface area contributed by atoms with Crippen LogP contribution in [0, 0.1) is 13.8 Å². The Balaban J connectivity index is 1.74. The van der Waals surface area contributed by atoms with Crippen molar-refractivity contribution in [3.63, 3.8) is 0 Å². The highest BCUT2D eigenvalue weighted by atomic mass is 35.5. The van der Waals surface area contributed by atoms with Crippen molar-refractivity contribution in [1.82, 2.24) is 14.0 Å². The number of hydrogen-bond donors (Lipinski definition) is 0. The van der Waals surface area contributed by atoms with E-state index in [0.717, 1.165) is 22.6 Å². The molecule has 4 aromatic rings. The van der Waals surface area contributed by atoms with Gasteiger partial charge in [-0.15, -0.1) is 0 Å². The number of carbonyl (C=O) groups excluding carboxylic acids is 1. The number of hydrogen-bond acceptors (Lipinski definition) is 6. The molecule has 0 N–H and O–H groups in total. The van der Waals surface area contributed by atoms with E-state index in [0.29, 0.717) is 55.8 Å². The highest BCUT2D eigenvalue weighted by molar-refractivity contribution is 7.07. The first-order valence-corrected chi connectivity index (χ1v) is 15.3. The molecule has 1 amide bonds. The molecule has 0 spiro atoms. The highest BCUT2D eigenvalue weighted by Crippen LogP contribution is 2.38. The molecule has 0 aliphatic carbocycles. The van der Waals surface area contributed by atoms with Gasteiger partial charge in [0, 0.05) is 40.8 Å². The second-order valence-corrected chi connectivity index (χ2v) is 11.8. The Kier molecular flexibility index (Phi) is 8.66. The molecular weight excluding hydrogens is 584 g/mol. The maximum Gasteiger partial charge on any atom is 0.271 e. The molecule has 2 aromatic carbocycles. The lowest BCUT2D eigenvalue weighted by atomic mass is 9.93. The number of rotatable bonds is 8. The van der Waals surface area contributed by atoms with Crippen LogP contribution in [0.1, 0.15) is 49.3 Å². The number of carbonyl (C=O) groups is 1. The summed E-state index contributed by atoms with van der Waals surface area (Å²) in [6, 6.07) is 14.4. The molecule has 0 fully saturated rings. The fraction of sp³-hybridized carbons (Fsp3) is 0.303. The molecule has 1 aliphatic heterocycles. The number of ether oxygens (including phenoxy) is 2. The third kappa shape index (κ3) is 5.43. The molecule has 0 saturated heterocycles. The Morgan fingerprint density at radius 3 is 2.37 bits per heavy atom. The predicted octanol–water partition coefficient (Wildman–Crippen LogP) is 5.18. The number of amides is 1. The van der Waals surface area contributed by atoms with E-state index in [2.05, 4.69) is 10.6 Å². The van der Waals surface area contributed by atoms with Crippen LogP contribution in [0.2, 0.25) is 5.02 Å². The number of methoxy groups -OCH3 is 2. The van der Waals surface area contributed by atoms with Gasteiger partial charge in [-0.2, -0.15) is 0 Å². The number of thiazole rings is 1. The molecule has 1 aliphatic rings. The summed E-state index contributed by atoms with van der Waals surface area (Å²) in [7, 11) is 3.16. The van der Waals surface area contributed by atoms with Gasteiger partial charge in [-0.3, -0.25) is 14.2 Å². The molecule has 43 heavy (non-hydrogen) atoms. The zero-order valence-corrected chi connectivity index (χ0v) is 27.0. The number of likely N-dealkylation sites (N-methyl/N-ethyl adjacent to an activating group) is 1. The average molecular weight is 619 g/mol. The van der Waals surface area contributed by atoms with Gasteiger partial charge in [-0.05, 0) is 94.8 Å². The minimum Gasteiger partial charge on any atom is -0.497 e. The number of nitrogens with zero attached hydrogens (tertiary/aromatic N) is 4. The molecule has 0 radical (unpaired) electrons. The molecule has 224 valence electrons. The second kappa shape index (κ2) is 12.3. The lowest BCUT2D eigenvalue weighted by molar-refractivity contribution is -0.127. The van der Waals surface area contributed by atoms with Crippen LogP contribution in [0.25, 0.3) is 11.8 Å². The zero-order valence-electron chi connectivity index (χ0n) is 25.4. The minimum atomic E-state index is -0.752. The topological polar surface area (TPSA) is 78.1 Å². The lowest BCUT2D eigenvalue weighted by Crippen LogP contribution is -2.43. The normalized spacial score (nSPS) is 14.9. The van der Waals surface area contributed by atoms with Crippen molar-refractivity contribution >= 4 is 34.9 Å². The van der Waals surface area contributed by atoms with E-state index in [9.17, 15) is 9.59 Å². The first-order chi connectivity index (χ1) is 20.6. The van der Waals surface area contributed by atoms with Gasteiger partial charge in [0.25, 0.3) is 11.5 Å². The van der Waals surface area contributed by atoms with E-state index in [1.54, 1.807) is 35.8 Å². The van der Waals surface area contributed by atoms with Crippen LogP contribution in [-0.4, -0.2) is 47.3 Å². The van der Waals surface area contributed by atoms with Gasteiger partial charge in [0.1, 0.15) is 17.5 Å². The fourth-order valence-electron chi connectivity index (χ4n) is 5.69. The van der Waals surface area contributed by atoms with Gasteiger partial charge in [0.15, 0.2) is 4.80 Å². The second-order valence-electron chi connectivity index (χ2n) is 10.3. The maximum absolute atomic E-state index is 14.3. The molecular formula is C33H35ClN4O4S. The highest BCUT2D eigenvalue weighted by Gasteiger charge is 2.36. The van der Waals surface area contributed by atoms with Crippen molar-refractivity contribution in [2.75, 3.05) is 27.3 Å². The van der Waals surface area contributed by atoms with Crippen molar-refractivity contribution in [3.05, 3.63) is 107 Å². The van der Waals surface area contributed by atoms with Gasteiger partial charge in [-0.25, -0.2) is 4.99 Å². The van der Waals surface area contributed by atoms with Crippen molar-refractivity contribution in [3.8, 4) is 17.2 Å². The molecule has 0 bridgehead atoms. The lowest BCUT2D eigenvalue weighted by Gasteiger charge is -2.30. The summed E-state index contributed by atoms with van der Waals surface area (Å²) >= 11 is 7.43. The fourth-order valence-corrected chi connectivity index (χ4v) is 6.85. The van der Waals surface area contributed by atoms with Gasteiger partial charge in [-0.1, -0.05) is 22.9 Å². The Morgan fingerprint density at radius 2 is 1.74 bits per heavy atom. The van der Waals surface area contributed by atoms with E-state index in [4.69, 9.17) is 26.1 Å². The predicted molar refractivity (Wildman–Crippen MR) is 171 cm³/mol. The number of halogens is 1. The number of aryl methyl sites for hydroxylation is 1. The van der Waals surface area contributed by atoms with Crippen LogP contribution in [0.5, 0.6) is 11.5 Å². The van der Waals surface area contributed by atoms with E-state index in [-0.39, 0.29) is 11.5 Å². The molecule has 1 atom stereocenters. The molecule has 10 heteroatoms. The van der Waals surface area contributed by atoms with Gasteiger partial charge >= 0.3 is 0 Å². The van der Waals surface area contributed by atoms with Gasteiger partial charge in [0.2, 0.25) is 0 Å². The van der Waals surface area contributed by atoms with Crippen LogP contribution >= 0.6 is 22.9 Å². The first kappa shape index (κ1) is 30.4. The smallest absolute Gasteiger partial charge is 0.271 e. The first-order valence-electron chi connectivity index (χ1n) is 14.1. The number of benzene rings is 2. The summed E-state index contributed by atoms with van der Waals surface area (Å²) in [6.45, 7) is 10.8. The van der Waals surface area contributed by atoms with E-state index in [1.165, 1.54) is 11.3 Å². The summed E-state index contributed by atoms with van der Waals surface area (Å²) < 4.78 is 15.6. The van der Waals surface area contributed by atoms with Crippen LogP contribution in [-0.2, 0) is 4.79 Å². The molecule has 0 saturated carbocycles. The molecule has 8 nitrogen and oxygen atoms in total. The van der Waals surface area contributed by atoms with E-state index >= 15 is 0 Å². The van der Waals surface area contributed by atoms with E-state index in [1.807, 2.05) is 71.0 Å². The maximum atomic E-state index is 14.3. The zero-order chi connectivity index (χ0) is 31.0. The SMILES string of the molecule is CCN(CC)C(=O)C1=C(C)N=c2s/c(=C/c3cc(C)n(-c4ccc(Cl)cc4)c3C)c(=O)n2[C@H]1c1cc(OC)ccc1OC. The Morgan fingerprint density at radius 1 is 1.05 bits per heavy atom. The number of aromatic nitrogens is 2.